The Hall–Kier alpha value is -0.780. The molecule has 0 spiro atoms. The molecule has 1 atom stereocenters. The molecule has 0 bridgehead atoms. The van der Waals surface area contributed by atoms with Gasteiger partial charge in [-0.2, -0.15) is 0 Å². The van der Waals surface area contributed by atoms with Gasteiger partial charge in [-0.15, -0.1) is 0 Å². The van der Waals surface area contributed by atoms with Gasteiger partial charge in [0.05, 0.1) is 4.47 Å². The number of benzene rings is 2. The monoisotopic (exact) mass is 417 g/mol. The van der Waals surface area contributed by atoms with Crippen LogP contribution in [0.3, 0.4) is 0 Å². The van der Waals surface area contributed by atoms with E-state index in [9.17, 15) is 8.78 Å². The van der Waals surface area contributed by atoms with Gasteiger partial charge in [-0.25, -0.2) is 8.78 Å². The first kappa shape index (κ1) is 16.6. The molecule has 1 unspecified atom stereocenters. The van der Waals surface area contributed by atoms with Crippen molar-refractivity contribution in [3.63, 3.8) is 0 Å². The van der Waals surface area contributed by atoms with Crippen LogP contribution >= 0.6 is 31.9 Å². The predicted octanol–water partition coefficient (Wildman–Crippen LogP) is 5.38. The summed E-state index contributed by atoms with van der Waals surface area (Å²) in [6.07, 6.45) is 0.511. The third-order valence-corrected chi connectivity index (χ3v) is 4.31. The van der Waals surface area contributed by atoms with Crippen LogP contribution < -0.4 is 5.32 Å². The highest BCUT2D eigenvalue weighted by Gasteiger charge is 2.21. The van der Waals surface area contributed by atoms with Crippen molar-refractivity contribution >= 4 is 31.9 Å². The molecule has 1 nitrogen and oxygen atoms in total. The minimum absolute atomic E-state index is 0.0752. The molecule has 0 aliphatic carbocycles. The fourth-order valence-electron chi connectivity index (χ4n) is 2.28. The smallest absolute Gasteiger partial charge is 0.145 e. The van der Waals surface area contributed by atoms with Gasteiger partial charge in [-0.3, -0.25) is 0 Å². The molecular weight excluding hydrogens is 404 g/mol. The summed E-state index contributed by atoms with van der Waals surface area (Å²) < 4.78 is 29.6. The molecular formula is C16H15Br2F2N. The third-order valence-electron chi connectivity index (χ3n) is 3.21. The van der Waals surface area contributed by atoms with Crippen molar-refractivity contribution < 1.29 is 8.78 Å². The van der Waals surface area contributed by atoms with E-state index in [-0.39, 0.29) is 10.0 Å². The van der Waals surface area contributed by atoms with E-state index in [1.54, 1.807) is 0 Å². The Kier molecular flexibility index (Phi) is 5.90. The van der Waals surface area contributed by atoms with E-state index < -0.39 is 17.7 Å². The molecule has 0 aliphatic heterocycles. The lowest BCUT2D eigenvalue weighted by molar-refractivity contribution is 0.471. The SMILES string of the molecule is CCNC(Cc1cccc(Br)c1)c1c(F)ccc(Br)c1F. The van der Waals surface area contributed by atoms with E-state index in [4.69, 9.17) is 0 Å². The summed E-state index contributed by atoms with van der Waals surface area (Å²) in [6, 6.07) is 9.99. The minimum atomic E-state index is -0.545. The van der Waals surface area contributed by atoms with E-state index in [0.29, 0.717) is 13.0 Å². The molecule has 0 amide bonds. The summed E-state index contributed by atoms with van der Waals surface area (Å²) in [5.41, 5.74) is 1.08. The maximum absolute atomic E-state index is 14.3. The van der Waals surface area contributed by atoms with Gasteiger partial charge < -0.3 is 5.32 Å². The quantitative estimate of drug-likeness (QED) is 0.642. The van der Waals surface area contributed by atoms with Crippen LogP contribution in [0.4, 0.5) is 8.78 Å². The third kappa shape index (κ3) is 4.11. The largest absolute Gasteiger partial charge is 0.310 e. The molecule has 0 saturated heterocycles. The molecule has 0 saturated carbocycles. The first-order valence-corrected chi connectivity index (χ1v) is 8.22. The predicted molar refractivity (Wildman–Crippen MR) is 88.3 cm³/mol. The van der Waals surface area contributed by atoms with Crippen LogP contribution in [-0.2, 0) is 6.42 Å². The van der Waals surface area contributed by atoms with Crippen molar-refractivity contribution in [1.82, 2.24) is 5.32 Å². The molecule has 5 heteroatoms. The lowest BCUT2D eigenvalue weighted by Crippen LogP contribution is -2.25. The average molecular weight is 419 g/mol. The van der Waals surface area contributed by atoms with Crippen molar-refractivity contribution in [2.75, 3.05) is 6.54 Å². The molecule has 0 aromatic heterocycles. The van der Waals surface area contributed by atoms with E-state index in [0.717, 1.165) is 10.0 Å². The molecule has 0 heterocycles. The van der Waals surface area contributed by atoms with Gasteiger partial charge in [0.15, 0.2) is 0 Å². The molecule has 2 rings (SSSR count). The van der Waals surface area contributed by atoms with Gasteiger partial charge in [0.2, 0.25) is 0 Å². The minimum Gasteiger partial charge on any atom is -0.310 e. The standard InChI is InChI=1S/C16H15Br2F2N/c1-2-21-14(9-10-4-3-5-11(17)8-10)15-13(19)7-6-12(18)16(15)20/h3-8,14,21H,2,9H2,1H3. The van der Waals surface area contributed by atoms with Crippen LogP contribution in [0.15, 0.2) is 45.3 Å². The number of likely N-dealkylation sites (N-methyl/N-ethyl adjacent to an activating group) is 1. The number of rotatable bonds is 5. The van der Waals surface area contributed by atoms with Gasteiger partial charge in [0, 0.05) is 16.1 Å². The molecule has 2 aromatic carbocycles. The van der Waals surface area contributed by atoms with Gasteiger partial charge >= 0.3 is 0 Å². The fraction of sp³-hybridized carbons (Fsp3) is 0.250. The van der Waals surface area contributed by atoms with Crippen molar-refractivity contribution in [2.45, 2.75) is 19.4 Å². The molecule has 1 N–H and O–H groups in total. The summed E-state index contributed by atoms with van der Waals surface area (Å²) in [4.78, 5) is 0. The molecule has 0 aliphatic rings. The molecule has 112 valence electrons. The summed E-state index contributed by atoms with van der Waals surface area (Å²) >= 11 is 6.53. The Bertz CT molecular complexity index is 632. The van der Waals surface area contributed by atoms with Crippen LogP contribution in [0.2, 0.25) is 0 Å². The number of hydrogen-bond donors (Lipinski definition) is 1. The van der Waals surface area contributed by atoms with Gasteiger partial charge in [0.1, 0.15) is 11.6 Å². The second kappa shape index (κ2) is 7.47. The highest BCUT2D eigenvalue weighted by atomic mass is 79.9. The van der Waals surface area contributed by atoms with E-state index >= 15 is 0 Å². The van der Waals surface area contributed by atoms with Crippen LogP contribution in [0.1, 0.15) is 24.1 Å². The second-order valence-electron chi connectivity index (χ2n) is 4.70. The zero-order valence-electron chi connectivity index (χ0n) is 11.5. The normalized spacial score (nSPS) is 12.4. The zero-order valence-corrected chi connectivity index (χ0v) is 14.6. The number of nitrogens with one attached hydrogen (secondary N) is 1. The fourth-order valence-corrected chi connectivity index (χ4v) is 3.08. The Morgan fingerprint density at radius 3 is 2.57 bits per heavy atom. The van der Waals surface area contributed by atoms with Gasteiger partial charge in [-0.05, 0) is 58.7 Å². The van der Waals surface area contributed by atoms with Crippen LogP contribution in [0.5, 0.6) is 0 Å². The Morgan fingerprint density at radius 2 is 1.90 bits per heavy atom. The molecule has 2 aromatic rings. The van der Waals surface area contributed by atoms with Gasteiger partial charge in [0.25, 0.3) is 0 Å². The average Bonchev–Trinajstić information content (AvgIpc) is 2.44. The van der Waals surface area contributed by atoms with E-state index in [2.05, 4.69) is 37.2 Å². The molecule has 21 heavy (non-hydrogen) atoms. The van der Waals surface area contributed by atoms with Crippen molar-refractivity contribution in [2.24, 2.45) is 0 Å². The first-order valence-electron chi connectivity index (χ1n) is 6.64. The van der Waals surface area contributed by atoms with Crippen molar-refractivity contribution in [3.8, 4) is 0 Å². The second-order valence-corrected chi connectivity index (χ2v) is 6.47. The maximum atomic E-state index is 14.3. The first-order chi connectivity index (χ1) is 10.0. The lowest BCUT2D eigenvalue weighted by atomic mass is 9.98. The zero-order chi connectivity index (χ0) is 15.4. The summed E-state index contributed by atoms with van der Waals surface area (Å²) in [7, 11) is 0. The van der Waals surface area contributed by atoms with Crippen LogP contribution in [0.25, 0.3) is 0 Å². The lowest BCUT2D eigenvalue weighted by Gasteiger charge is -2.20. The topological polar surface area (TPSA) is 12.0 Å². The summed E-state index contributed by atoms with van der Waals surface area (Å²) in [5.74, 6) is -1.08. The molecule has 0 radical (unpaired) electrons. The van der Waals surface area contributed by atoms with E-state index in [1.807, 2.05) is 31.2 Å². The highest BCUT2D eigenvalue weighted by molar-refractivity contribution is 9.10. The van der Waals surface area contributed by atoms with Crippen LogP contribution in [0, 0.1) is 11.6 Å². The number of halogens is 4. The van der Waals surface area contributed by atoms with Gasteiger partial charge in [-0.1, -0.05) is 35.0 Å². The van der Waals surface area contributed by atoms with Crippen molar-refractivity contribution in [1.29, 1.82) is 0 Å². The Balaban J connectivity index is 2.38. The van der Waals surface area contributed by atoms with Crippen LogP contribution in [-0.4, -0.2) is 6.54 Å². The number of hydrogen-bond acceptors (Lipinski definition) is 1. The Labute approximate surface area is 140 Å². The maximum Gasteiger partial charge on any atom is 0.145 e. The Morgan fingerprint density at radius 1 is 1.14 bits per heavy atom. The molecule has 0 fully saturated rings. The highest BCUT2D eigenvalue weighted by Crippen LogP contribution is 2.29. The van der Waals surface area contributed by atoms with E-state index in [1.165, 1.54) is 12.1 Å². The van der Waals surface area contributed by atoms with Crippen molar-refractivity contribution in [3.05, 3.63) is 68.1 Å². The summed E-state index contributed by atoms with van der Waals surface area (Å²) in [5, 5.41) is 3.16. The summed E-state index contributed by atoms with van der Waals surface area (Å²) in [6.45, 7) is 2.55.